The molecule has 0 aromatic heterocycles. The predicted molar refractivity (Wildman–Crippen MR) is 78.4 cm³/mol. The standard InChI is InChI=1S/C16H13NO5/c18-15(17-11-6-2-1-5-10(11)16(19)20)14-9-21-12-7-3-4-8-13(12)22-14/h1-8,14H,9H2,(H,17,18)(H,19,20)/t14-/m0/s1. The summed E-state index contributed by atoms with van der Waals surface area (Å²) < 4.78 is 11.1. The molecule has 22 heavy (non-hydrogen) atoms. The van der Waals surface area contributed by atoms with Gasteiger partial charge < -0.3 is 19.9 Å². The van der Waals surface area contributed by atoms with E-state index in [4.69, 9.17) is 14.6 Å². The van der Waals surface area contributed by atoms with Gasteiger partial charge in [0.05, 0.1) is 11.3 Å². The van der Waals surface area contributed by atoms with Crippen LogP contribution in [-0.4, -0.2) is 29.7 Å². The van der Waals surface area contributed by atoms with Gasteiger partial charge >= 0.3 is 5.97 Å². The molecule has 0 bridgehead atoms. The second kappa shape index (κ2) is 5.77. The van der Waals surface area contributed by atoms with Gasteiger partial charge in [0, 0.05) is 0 Å². The number of rotatable bonds is 3. The minimum absolute atomic E-state index is 0.0213. The average Bonchev–Trinajstić information content (AvgIpc) is 2.54. The maximum atomic E-state index is 12.2. The molecule has 0 aliphatic carbocycles. The van der Waals surface area contributed by atoms with Crippen molar-refractivity contribution in [3.05, 3.63) is 54.1 Å². The number of carbonyl (C=O) groups is 2. The lowest BCUT2D eigenvalue weighted by atomic mass is 10.1. The molecule has 6 heteroatoms. The van der Waals surface area contributed by atoms with Crippen molar-refractivity contribution >= 4 is 17.6 Å². The predicted octanol–water partition coefficient (Wildman–Crippen LogP) is 2.16. The van der Waals surface area contributed by atoms with Crippen LogP contribution in [0.2, 0.25) is 0 Å². The maximum Gasteiger partial charge on any atom is 0.337 e. The van der Waals surface area contributed by atoms with Gasteiger partial charge in [-0.2, -0.15) is 0 Å². The number of carboxylic acid groups (broad SMARTS) is 1. The number of hydrogen-bond acceptors (Lipinski definition) is 4. The van der Waals surface area contributed by atoms with Crippen molar-refractivity contribution in [1.29, 1.82) is 0 Å². The quantitative estimate of drug-likeness (QED) is 0.907. The summed E-state index contributed by atoms with van der Waals surface area (Å²) in [6.45, 7) is 0.0675. The fraction of sp³-hybridized carbons (Fsp3) is 0.125. The number of benzene rings is 2. The lowest BCUT2D eigenvalue weighted by molar-refractivity contribution is -0.125. The van der Waals surface area contributed by atoms with Crippen LogP contribution in [0.5, 0.6) is 11.5 Å². The molecule has 0 saturated carbocycles. The van der Waals surface area contributed by atoms with Crippen LogP contribution in [0.25, 0.3) is 0 Å². The number of amides is 1. The van der Waals surface area contributed by atoms with E-state index in [9.17, 15) is 9.59 Å². The van der Waals surface area contributed by atoms with Gasteiger partial charge in [0.25, 0.3) is 5.91 Å². The molecule has 1 atom stereocenters. The lowest BCUT2D eigenvalue weighted by Crippen LogP contribution is -2.40. The molecule has 0 spiro atoms. The molecular weight excluding hydrogens is 286 g/mol. The largest absolute Gasteiger partial charge is 0.485 e. The summed E-state index contributed by atoms with van der Waals surface area (Å²) in [5.41, 5.74) is 0.246. The summed E-state index contributed by atoms with van der Waals surface area (Å²) in [6.07, 6.45) is -0.836. The molecule has 112 valence electrons. The molecule has 1 heterocycles. The molecule has 6 nitrogen and oxygen atoms in total. The zero-order chi connectivity index (χ0) is 15.5. The lowest BCUT2D eigenvalue weighted by Gasteiger charge is -2.25. The first-order valence-electron chi connectivity index (χ1n) is 6.67. The third-order valence-electron chi connectivity index (χ3n) is 3.22. The minimum Gasteiger partial charge on any atom is -0.485 e. The zero-order valence-electron chi connectivity index (χ0n) is 11.5. The Morgan fingerprint density at radius 2 is 1.73 bits per heavy atom. The van der Waals surface area contributed by atoms with Crippen molar-refractivity contribution < 1.29 is 24.2 Å². The van der Waals surface area contributed by atoms with Crippen LogP contribution in [0.4, 0.5) is 5.69 Å². The smallest absolute Gasteiger partial charge is 0.337 e. The van der Waals surface area contributed by atoms with E-state index in [1.54, 1.807) is 30.3 Å². The molecule has 0 fully saturated rings. The van der Waals surface area contributed by atoms with Crippen LogP contribution in [0.3, 0.4) is 0 Å². The monoisotopic (exact) mass is 299 g/mol. The Bertz CT molecular complexity index is 728. The van der Waals surface area contributed by atoms with Crippen molar-refractivity contribution in [2.24, 2.45) is 0 Å². The van der Waals surface area contributed by atoms with Gasteiger partial charge in [-0.1, -0.05) is 24.3 Å². The third-order valence-corrected chi connectivity index (χ3v) is 3.22. The van der Waals surface area contributed by atoms with Crippen LogP contribution in [0, 0.1) is 0 Å². The molecule has 0 radical (unpaired) electrons. The van der Waals surface area contributed by atoms with Gasteiger partial charge in [-0.15, -0.1) is 0 Å². The van der Waals surface area contributed by atoms with Gasteiger partial charge in [0.2, 0.25) is 6.10 Å². The van der Waals surface area contributed by atoms with Crippen LogP contribution in [0.15, 0.2) is 48.5 Å². The summed E-state index contributed by atoms with van der Waals surface area (Å²) in [4.78, 5) is 23.4. The minimum atomic E-state index is -1.11. The molecule has 2 aromatic rings. The van der Waals surface area contributed by atoms with E-state index in [-0.39, 0.29) is 17.9 Å². The van der Waals surface area contributed by atoms with Crippen LogP contribution < -0.4 is 14.8 Å². The van der Waals surface area contributed by atoms with E-state index >= 15 is 0 Å². The highest BCUT2D eigenvalue weighted by atomic mass is 16.6. The number of nitrogens with one attached hydrogen (secondary N) is 1. The average molecular weight is 299 g/mol. The Labute approximate surface area is 126 Å². The van der Waals surface area contributed by atoms with E-state index in [0.29, 0.717) is 11.5 Å². The van der Waals surface area contributed by atoms with Gasteiger partial charge in [-0.25, -0.2) is 4.79 Å². The first-order valence-corrected chi connectivity index (χ1v) is 6.67. The van der Waals surface area contributed by atoms with E-state index in [1.165, 1.54) is 12.1 Å². The number of hydrogen-bond donors (Lipinski definition) is 2. The van der Waals surface area contributed by atoms with E-state index in [1.807, 2.05) is 6.07 Å². The number of carbonyl (C=O) groups excluding carboxylic acids is 1. The molecule has 3 rings (SSSR count). The molecule has 1 aliphatic heterocycles. The van der Waals surface area contributed by atoms with Crippen LogP contribution in [-0.2, 0) is 4.79 Å². The highest BCUT2D eigenvalue weighted by Gasteiger charge is 2.28. The molecule has 2 N–H and O–H groups in total. The SMILES string of the molecule is O=C(O)c1ccccc1NC(=O)[C@@H]1COc2ccccc2O1. The highest BCUT2D eigenvalue weighted by molar-refractivity contribution is 6.02. The first kappa shape index (κ1) is 13.9. The topological polar surface area (TPSA) is 84.9 Å². The number of anilines is 1. The molecule has 1 aliphatic rings. The zero-order valence-corrected chi connectivity index (χ0v) is 11.5. The summed E-state index contributed by atoms with van der Waals surface area (Å²) >= 11 is 0. The Balaban J connectivity index is 1.75. The molecule has 0 unspecified atom stereocenters. The Kier molecular flexibility index (Phi) is 3.65. The maximum absolute atomic E-state index is 12.2. The second-order valence-corrected chi connectivity index (χ2v) is 4.70. The summed E-state index contributed by atoms with van der Waals surface area (Å²) in [5.74, 6) is -0.497. The summed E-state index contributed by atoms with van der Waals surface area (Å²) in [6, 6.07) is 13.2. The van der Waals surface area contributed by atoms with E-state index < -0.39 is 18.0 Å². The van der Waals surface area contributed by atoms with Gasteiger partial charge in [0.15, 0.2) is 11.5 Å². The number of fused-ring (bicyclic) bond motifs is 1. The van der Waals surface area contributed by atoms with Crippen molar-refractivity contribution in [2.45, 2.75) is 6.10 Å². The Morgan fingerprint density at radius 3 is 2.50 bits per heavy atom. The van der Waals surface area contributed by atoms with E-state index in [2.05, 4.69) is 5.32 Å². The van der Waals surface area contributed by atoms with Crippen LogP contribution >= 0.6 is 0 Å². The summed E-state index contributed by atoms with van der Waals surface area (Å²) in [7, 11) is 0. The molecule has 2 aromatic carbocycles. The highest BCUT2D eigenvalue weighted by Crippen LogP contribution is 2.31. The van der Waals surface area contributed by atoms with Crippen molar-refractivity contribution in [1.82, 2.24) is 0 Å². The first-order chi connectivity index (χ1) is 10.6. The normalized spacial score (nSPS) is 15.9. The number of ether oxygens (including phenoxy) is 2. The van der Waals surface area contributed by atoms with Crippen molar-refractivity contribution in [3.63, 3.8) is 0 Å². The van der Waals surface area contributed by atoms with Crippen molar-refractivity contribution in [3.8, 4) is 11.5 Å². The molecule has 0 saturated heterocycles. The third kappa shape index (κ3) is 2.71. The summed E-state index contributed by atoms with van der Waals surface area (Å²) in [5, 5.41) is 11.7. The fourth-order valence-electron chi connectivity index (χ4n) is 2.14. The van der Waals surface area contributed by atoms with E-state index in [0.717, 1.165) is 0 Å². The number of aromatic carboxylic acids is 1. The number of carboxylic acids is 1. The fourth-order valence-corrected chi connectivity index (χ4v) is 2.14. The second-order valence-electron chi connectivity index (χ2n) is 4.70. The van der Waals surface area contributed by atoms with Gasteiger partial charge in [0.1, 0.15) is 6.61 Å². The Hall–Kier alpha value is -3.02. The van der Waals surface area contributed by atoms with Crippen LogP contribution in [0.1, 0.15) is 10.4 Å². The number of para-hydroxylation sites is 3. The van der Waals surface area contributed by atoms with Gasteiger partial charge in [-0.3, -0.25) is 4.79 Å². The van der Waals surface area contributed by atoms with Crippen molar-refractivity contribution in [2.75, 3.05) is 11.9 Å². The Morgan fingerprint density at radius 1 is 1.05 bits per heavy atom. The molecule has 1 amide bonds. The molecular formula is C16H13NO5. The van der Waals surface area contributed by atoms with Gasteiger partial charge in [-0.05, 0) is 24.3 Å².